The number of benzene rings is 1. The van der Waals surface area contributed by atoms with Gasteiger partial charge in [-0.25, -0.2) is 14.8 Å². The van der Waals surface area contributed by atoms with Gasteiger partial charge in [0.2, 0.25) is 0 Å². The highest BCUT2D eigenvalue weighted by molar-refractivity contribution is 5.71. The van der Waals surface area contributed by atoms with Gasteiger partial charge in [-0.15, -0.1) is 0 Å². The number of fused-ring (bicyclic) bond motifs is 1. The van der Waals surface area contributed by atoms with E-state index in [9.17, 15) is 15.0 Å². The Morgan fingerprint density at radius 3 is 2.79 bits per heavy atom. The number of carboxylic acid groups (broad SMARTS) is 1. The summed E-state index contributed by atoms with van der Waals surface area (Å²) < 4.78 is 1.98. The number of pyridine rings is 1. The SMILES string of the molecule is O=C(O)N1CCCCC1Cc1nc2ncccc2n1CC(O)c1ccccc1. The van der Waals surface area contributed by atoms with E-state index in [2.05, 4.69) is 9.97 Å². The van der Waals surface area contributed by atoms with Crippen molar-refractivity contribution in [2.45, 2.75) is 44.4 Å². The van der Waals surface area contributed by atoms with Crippen LogP contribution in [0.5, 0.6) is 0 Å². The summed E-state index contributed by atoms with van der Waals surface area (Å²) in [7, 11) is 0. The number of likely N-dealkylation sites (tertiary alicyclic amines) is 1. The standard InChI is InChI=1S/C21H24N4O3/c26-18(15-7-2-1-3-8-15)14-25-17-10-6-11-22-20(17)23-19(25)13-16-9-4-5-12-24(16)21(27)28/h1-3,6-8,10-11,16,18,26H,4-5,9,12-14H2,(H,27,28). The third-order valence-corrected chi connectivity index (χ3v) is 5.43. The van der Waals surface area contributed by atoms with Crippen molar-refractivity contribution in [3.05, 3.63) is 60.0 Å². The Kier molecular flexibility index (Phi) is 5.25. The maximum Gasteiger partial charge on any atom is 0.407 e. The smallest absolute Gasteiger partial charge is 0.407 e. The van der Waals surface area contributed by atoms with Crippen LogP contribution in [0.15, 0.2) is 48.7 Å². The molecule has 7 heteroatoms. The first kappa shape index (κ1) is 18.4. The lowest BCUT2D eigenvalue weighted by Crippen LogP contribution is -2.44. The zero-order chi connectivity index (χ0) is 19.5. The quantitative estimate of drug-likeness (QED) is 0.709. The lowest BCUT2D eigenvalue weighted by atomic mass is 9.99. The van der Waals surface area contributed by atoms with E-state index in [1.807, 2.05) is 47.0 Å². The predicted octanol–water partition coefficient (Wildman–Crippen LogP) is 3.24. The van der Waals surface area contributed by atoms with Crippen LogP contribution in [0.1, 0.15) is 36.8 Å². The van der Waals surface area contributed by atoms with Gasteiger partial charge in [0.15, 0.2) is 5.65 Å². The molecule has 1 aliphatic heterocycles. The monoisotopic (exact) mass is 380 g/mol. The van der Waals surface area contributed by atoms with E-state index >= 15 is 0 Å². The van der Waals surface area contributed by atoms with Crippen LogP contribution in [-0.4, -0.2) is 48.3 Å². The van der Waals surface area contributed by atoms with Crippen molar-refractivity contribution in [1.82, 2.24) is 19.4 Å². The Hall–Kier alpha value is -2.93. The van der Waals surface area contributed by atoms with Gasteiger partial charge in [0.25, 0.3) is 0 Å². The minimum atomic E-state index is -0.880. The molecule has 0 aliphatic carbocycles. The number of imidazole rings is 1. The van der Waals surface area contributed by atoms with E-state index in [0.717, 1.165) is 36.2 Å². The van der Waals surface area contributed by atoms with Crippen molar-refractivity contribution in [3.63, 3.8) is 0 Å². The van der Waals surface area contributed by atoms with Crippen molar-refractivity contribution in [1.29, 1.82) is 0 Å². The molecule has 3 heterocycles. The summed E-state index contributed by atoms with van der Waals surface area (Å²) >= 11 is 0. The molecule has 0 spiro atoms. The third-order valence-electron chi connectivity index (χ3n) is 5.43. The van der Waals surface area contributed by atoms with E-state index in [1.165, 1.54) is 4.90 Å². The molecule has 1 fully saturated rings. The second kappa shape index (κ2) is 7.98. The number of aliphatic hydroxyl groups is 1. The fourth-order valence-corrected chi connectivity index (χ4v) is 4.00. The first-order chi connectivity index (χ1) is 13.6. The highest BCUT2D eigenvalue weighted by Gasteiger charge is 2.28. The zero-order valence-corrected chi connectivity index (χ0v) is 15.6. The van der Waals surface area contributed by atoms with Gasteiger partial charge in [0.1, 0.15) is 5.82 Å². The molecule has 1 amide bonds. The lowest BCUT2D eigenvalue weighted by Gasteiger charge is -2.33. The molecule has 28 heavy (non-hydrogen) atoms. The number of piperidine rings is 1. The van der Waals surface area contributed by atoms with E-state index in [-0.39, 0.29) is 6.04 Å². The van der Waals surface area contributed by atoms with Gasteiger partial charge in [0.05, 0.1) is 18.2 Å². The maximum atomic E-state index is 11.6. The Balaban J connectivity index is 1.66. The molecule has 0 radical (unpaired) electrons. The van der Waals surface area contributed by atoms with Crippen molar-refractivity contribution in [2.75, 3.05) is 6.54 Å². The van der Waals surface area contributed by atoms with Crippen LogP contribution >= 0.6 is 0 Å². The normalized spacial score (nSPS) is 18.3. The van der Waals surface area contributed by atoms with Gasteiger partial charge in [-0.1, -0.05) is 30.3 Å². The summed E-state index contributed by atoms with van der Waals surface area (Å²) in [6, 6.07) is 13.2. The molecule has 4 rings (SSSR count). The second-order valence-electron chi connectivity index (χ2n) is 7.24. The van der Waals surface area contributed by atoms with Gasteiger partial charge in [-0.2, -0.15) is 0 Å². The van der Waals surface area contributed by atoms with E-state index in [4.69, 9.17) is 0 Å². The molecule has 7 nitrogen and oxygen atoms in total. The topological polar surface area (TPSA) is 91.5 Å². The summed E-state index contributed by atoms with van der Waals surface area (Å²) in [5.74, 6) is 0.766. The minimum Gasteiger partial charge on any atom is -0.465 e. The number of aromatic nitrogens is 3. The zero-order valence-electron chi connectivity index (χ0n) is 15.6. The summed E-state index contributed by atoms with van der Waals surface area (Å²) in [6.07, 6.45) is 3.39. The Morgan fingerprint density at radius 2 is 2.00 bits per heavy atom. The van der Waals surface area contributed by atoms with Gasteiger partial charge < -0.3 is 19.7 Å². The van der Waals surface area contributed by atoms with Gasteiger partial charge >= 0.3 is 6.09 Å². The molecule has 2 aromatic heterocycles. The van der Waals surface area contributed by atoms with Crippen molar-refractivity contribution < 1.29 is 15.0 Å². The third kappa shape index (κ3) is 3.71. The molecule has 146 valence electrons. The number of carbonyl (C=O) groups is 1. The maximum absolute atomic E-state index is 11.6. The summed E-state index contributed by atoms with van der Waals surface area (Å²) in [5, 5.41) is 20.3. The number of amides is 1. The molecule has 0 bridgehead atoms. The van der Waals surface area contributed by atoms with Crippen LogP contribution in [0, 0.1) is 0 Å². The molecule has 2 atom stereocenters. The first-order valence-corrected chi connectivity index (χ1v) is 9.66. The van der Waals surface area contributed by atoms with Gasteiger partial charge in [-0.05, 0) is 37.0 Å². The van der Waals surface area contributed by atoms with Crippen LogP contribution in [0.25, 0.3) is 11.2 Å². The largest absolute Gasteiger partial charge is 0.465 e. The van der Waals surface area contributed by atoms with Crippen LogP contribution in [0.2, 0.25) is 0 Å². The van der Waals surface area contributed by atoms with E-state index in [1.54, 1.807) is 6.20 Å². The summed E-state index contributed by atoms with van der Waals surface area (Å²) in [4.78, 5) is 22.2. The summed E-state index contributed by atoms with van der Waals surface area (Å²) in [5.41, 5.74) is 2.31. The molecule has 1 saturated heterocycles. The molecule has 2 N–H and O–H groups in total. The van der Waals surface area contributed by atoms with Crippen molar-refractivity contribution >= 4 is 17.3 Å². The second-order valence-corrected chi connectivity index (χ2v) is 7.24. The fourth-order valence-electron chi connectivity index (χ4n) is 4.00. The van der Waals surface area contributed by atoms with Gasteiger partial charge in [0, 0.05) is 25.2 Å². The van der Waals surface area contributed by atoms with Crippen LogP contribution in [-0.2, 0) is 13.0 Å². The van der Waals surface area contributed by atoms with Crippen LogP contribution < -0.4 is 0 Å². The highest BCUT2D eigenvalue weighted by Crippen LogP contribution is 2.25. The van der Waals surface area contributed by atoms with Crippen LogP contribution in [0.4, 0.5) is 4.79 Å². The molecule has 0 saturated carbocycles. The number of hydrogen-bond donors (Lipinski definition) is 2. The predicted molar refractivity (Wildman–Crippen MR) is 105 cm³/mol. The van der Waals surface area contributed by atoms with Gasteiger partial charge in [-0.3, -0.25) is 0 Å². The molecule has 3 aromatic rings. The van der Waals surface area contributed by atoms with Crippen LogP contribution in [0.3, 0.4) is 0 Å². The molecule has 2 unspecified atom stereocenters. The minimum absolute atomic E-state index is 0.101. The average molecular weight is 380 g/mol. The number of rotatable bonds is 5. The van der Waals surface area contributed by atoms with Crippen molar-refractivity contribution in [2.24, 2.45) is 0 Å². The summed E-state index contributed by atoms with van der Waals surface area (Å²) in [6.45, 7) is 0.909. The molecular weight excluding hydrogens is 356 g/mol. The highest BCUT2D eigenvalue weighted by atomic mass is 16.4. The molecule has 1 aromatic carbocycles. The Morgan fingerprint density at radius 1 is 1.18 bits per heavy atom. The molecular formula is C21H24N4O3. The Labute approximate surface area is 163 Å². The average Bonchev–Trinajstić information content (AvgIpc) is 3.06. The first-order valence-electron chi connectivity index (χ1n) is 9.66. The number of hydrogen-bond acceptors (Lipinski definition) is 4. The molecule has 1 aliphatic rings. The number of aliphatic hydroxyl groups excluding tert-OH is 1. The Bertz CT molecular complexity index is 957. The fraction of sp³-hybridized carbons (Fsp3) is 0.381. The number of nitrogens with zero attached hydrogens (tertiary/aromatic N) is 4. The van der Waals surface area contributed by atoms with Crippen molar-refractivity contribution in [3.8, 4) is 0 Å². The van der Waals surface area contributed by atoms with E-state index in [0.29, 0.717) is 25.2 Å². The van der Waals surface area contributed by atoms with E-state index < -0.39 is 12.2 Å². The lowest BCUT2D eigenvalue weighted by molar-refractivity contribution is 0.105.